The molecule has 0 aliphatic heterocycles. The lowest BCUT2D eigenvalue weighted by molar-refractivity contribution is -0.0281. The van der Waals surface area contributed by atoms with Crippen molar-refractivity contribution in [2.24, 2.45) is 0 Å². The molecular formula is C15H35NO4Si. The van der Waals surface area contributed by atoms with Gasteiger partial charge in [-0.25, -0.2) is 0 Å². The van der Waals surface area contributed by atoms with Crippen LogP contribution in [0.3, 0.4) is 0 Å². The maximum Gasteiger partial charge on any atom is 0.501 e. The van der Waals surface area contributed by atoms with Crippen molar-refractivity contribution in [1.82, 2.24) is 5.32 Å². The van der Waals surface area contributed by atoms with E-state index in [4.69, 9.17) is 13.3 Å². The highest BCUT2D eigenvalue weighted by Crippen LogP contribution is 2.29. The Labute approximate surface area is 131 Å². The number of rotatable bonds is 12. The number of hydrogen-bond acceptors (Lipinski definition) is 5. The molecule has 0 bridgehead atoms. The molecule has 0 saturated carbocycles. The van der Waals surface area contributed by atoms with Crippen molar-refractivity contribution in [3.8, 4) is 0 Å². The van der Waals surface area contributed by atoms with Gasteiger partial charge in [-0.05, 0) is 54.0 Å². The van der Waals surface area contributed by atoms with Crippen molar-refractivity contribution < 1.29 is 18.4 Å². The summed E-state index contributed by atoms with van der Waals surface area (Å²) in [6.45, 7) is 13.2. The Hall–Kier alpha value is 0.0169. The summed E-state index contributed by atoms with van der Waals surface area (Å²) < 4.78 is 18.2. The molecule has 1 unspecified atom stereocenters. The average Bonchev–Trinajstić information content (AvgIpc) is 2.45. The lowest BCUT2D eigenvalue weighted by Crippen LogP contribution is -2.53. The summed E-state index contributed by atoms with van der Waals surface area (Å²) in [4.78, 5) is 0. The minimum atomic E-state index is -2.79. The van der Waals surface area contributed by atoms with Crippen LogP contribution in [-0.2, 0) is 13.3 Å². The molecule has 0 spiro atoms. The summed E-state index contributed by atoms with van der Waals surface area (Å²) >= 11 is 0. The van der Waals surface area contributed by atoms with Crippen LogP contribution in [-0.4, -0.2) is 45.5 Å². The van der Waals surface area contributed by atoms with Crippen molar-refractivity contribution in [3.05, 3.63) is 0 Å². The molecular weight excluding hydrogens is 286 g/mol. The predicted molar refractivity (Wildman–Crippen MR) is 88.2 cm³/mol. The topological polar surface area (TPSA) is 60.0 Å². The third-order valence-corrected chi connectivity index (χ3v) is 7.09. The molecule has 0 heterocycles. The standard InChI is InChI=1S/C15H35NO4Si/c1-8-14(5,6)20-21(18-10-3,19-11-4)13-12-15(17,9-2)16-7/h16-17H,8-13H2,1-7H3. The highest BCUT2D eigenvalue weighted by atomic mass is 28.4. The minimum Gasteiger partial charge on any atom is -0.376 e. The van der Waals surface area contributed by atoms with Crippen molar-refractivity contribution in [3.63, 3.8) is 0 Å². The first kappa shape index (κ1) is 21.0. The van der Waals surface area contributed by atoms with Gasteiger partial charge >= 0.3 is 8.80 Å². The molecule has 0 fully saturated rings. The highest BCUT2D eigenvalue weighted by Gasteiger charge is 2.46. The number of aliphatic hydroxyl groups is 1. The molecule has 6 heteroatoms. The first-order chi connectivity index (χ1) is 9.72. The Morgan fingerprint density at radius 3 is 1.86 bits per heavy atom. The van der Waals surface area contributed by atoms with Crippen molar-refractivity contribution in [1.29, 1.82) is 0 Å². The maximum atomic E-state index is 10.4. The molecule has 0 aromatic heterocycles. The molecule has 2 N–H and O–H groups in total. The molecule has 5 nitrogen and oxygen atoms in total. The van der Waals surface area contributed by atoms with Gasteiger partial charge in [0.25, 0.3) is 0 Å². The van der Waals surface area contributed by atoms with E-state index in [1.54, 1.807) is 7.05 Å². The molecule has 0 aliphatic carbocycles. The van der Waals surface area contributed by atoms with Crippen molar-refractivity contribution >= 4 is 8.80 Å². The van der Waals surface area contributed by atoms with Gasteiger partial charge in [0.15, 0.2) is 0 Å². The molecule has 0 amide bonds. The van der Waals surface area contributed by atoms with Crippen LogP contribution in [0.25, 0.3) is 0 Å². The Kier molecular flexibility index (Phi) is 9.23. The van der Waals surface area contributed by atoms with E-state index in [0.717, 1.165) is 6.42 Å². The van der Waals surface area contributed by atoms with Gasteiger partial charge in [0, 0.05) is 19.3 Å². The first-order valence-corrected chi connectivity index (χ1v) is 10.0. The average molecular weight is 322 g/mol. The van der Waals surface area contributed by atoms with Crippen LogP contribution >= 0.6 is 0 Å². The molecule has 0 radical (unpaired) electrons. The number of hydrogen-bond donors (Lipinski definition) is 2. The molecule has 1 atom stereocenters. The molecule has 0 rings (SSSR count). The van der Waals surface area contributed by atoms with Gasteiger partial charge in [0.1, 0.15) is 5.72 Å². The fraction of sp³-hybridized carbons (Fsp3) is 1.00. The zero-order chi connectivity index (χ0) is 16.6. The fourth-order valence-electron chi connectivity index (χ4n) is 2.07. The Morgan fingerprint density at radius 2 is 1.52 bits per heavy atom. The second-order valence-electron chi connectivity index (χ2n) is 5.90. The zero-order valence-corrected chi connectivity index (χ0v) is 15.9. The second kappa shape index (κ2) is 9.22. The fourth-order valence-corrected chi connectivity index (χ4v) is 5.24. The normalized spacial score (nSPS) is 16.0. The van der Waals surface area contributed by atoms with Crippen LogP contribution in [0.4, 0.5) is 0 Å². The van der Waals surface area contributed by atoms with Gasteiger partial charge in [0.05, 0.1) is 5.60 Å². The highest BCUT2D eigenvalue weighted by molar-refractivity contribution is 6.60. The molecule has 0 saturated heterocycles. The van der Waals surface area contributed by atoms with Crippen LogP contribution < -0.4 is 5.32 Å². The van der Waals surface area contributed by atoms with E-state index in [1.165, 1.54) is 0 Å². The SMILES string of the molecule is CCO[Si](CCC(O)(CC)NC)(OCC)OC(C)(C)CC. The monoisotopic (exact) mass is 321 g/mol. The van der Waals surface area contributed by atoms with E-state index in [0.29, 0.717) is 32.1 Å². The molecule has 0 aliphatic rings. The van der Waals surface area contributed by atoms with E-state index in [2.05, 4.69) is 26.1 Å². The smallest absolute Gasteiger partial charge is 0.376 e. The summed E-state index contributed by atoms with van der Waals surface area (Å²) in [6.07, 6.45) is 2.06. The van der Waals surface area contributed by atoms with Crippen LogP contribution in [0.2, 0.25) is 6.04 Å². The van der Waals surface area contributed by atoms with Gasteiger partial charge in [0.2, 0.25) is 0 Å². The summed E-state index contributed by atoms with van der Waals surface area (Å²) in [5, 5.41) is 13.4. The Balaban J connectivity index is 5.09. The predicted octanol–water partition coefficient (Wildman–Crippen LogP) is 2.91. The Morgan fingerprint density at radius 1 is 1.00 bits per heavy atom. The van der Waals surface area contributed by atoms with E-state index < -0.39 is 14.5 Å². The lowest BCUT2D eigenvalue weighted by Gasteiger charge is -2.38. The van der Waals surface area contributed by atoms with Gasteiger partial charge in [-0.15, -0.1) is 0 Å². The van der Waals surface area contributed by atoms with Gasteiger partial charge in [-0.2, -0.15) is 0 Å². The van der Waals surface area contributed by atoms with Gasteiger partial charge in [-0.1, -0.05) is 13.8 Å². The third kappa shape index (κ3) is 7.21. The zero-order valence-electron chi connectivity index (χ0n) is 14.9. The van der Waals surface area contributed by atoms with E-state index >= 15 is 0 Å². The van der Waals surface area contributed by atoms with E-state index in [-0.39, 0.29) is 5.60 Å². The van der Waals surface area contributed by atoms with Crippen LogP contribution in [0, 0.1) is 0 Å². The molecule has 21 heavy (non-hydrogen) atoms. The quantitative estimate of drug-likeness (QED) is 0.427. The lowest BCUT2D eigenvalue weighted by atomic mass is 10.1. The molecule has 128 valence electrons. The summed E-state index contributed by atoms with van der Waals surface area (Å²) in [5.74, 6) is 0. The second-order valence-corrected chi connectivity index (χ2v) is 8.55. The summed E-state index contributed by atoms with van der Waals surface area (Å²) in [5.41, 5.74) is -1.19. The Bertz CT molecular complexity index is 277. The largest absolute Gasteiger partial charge is 0.501 e. The van der Waals surface area contributed by atoms with Crippen molar-refractivity contribution in [2.75, 3.05) is 20.3 Å². The van der Waals surface area contributed by atoms with Crippen LogP contribution in [0.1, 0.15) is 60.8 Å². The summed E-state index contributed by atoms with van der Waals surface area (Å²) in [6, 6.07) is 0.600. The minimum absolute atomic E-state index is 0.291. The van der Waals surface area contributed by atoms with E-state index in [9.17, 15) is 5.11 Å². The molecule has 0 aromatic rings. The molecule has 0 aromatic carbocycles. The van der Waals surface area contributed by atoms with Gasteiger partial charge in [-0.3, -0.25) is 5.32 Å². The van der Waals surface area contributed by atoms with Crippen LogP contribution in [0.15, 0.2) is 0 Å². The van der Waals surface area contributed by atoms with Crippen LogP contribution in [0.5, 0.6) is 0 Å². The third-order valence-electron chi connectivity index (χ3n) is 3.91. The van der Waals surface area contributed by atoms with Gasteiger partial charge < -0.3 is 18.4 Å². The van der Waals surface area contributed by atoms with Crippen molar-refractivity contribution in [2.45, 2.75) is 78.2 Å². The summed E-state index contributed by atoms with van der Waals surface area (Å²) in [7, 11) is -1.03. The maximum absolute atomic E-state index is 10.4. The van der Waals surface area contributed by atoms with E-state index in [1.807, 2.05) is 20.8 Å². The first-order valence-electron chi connectivity index (χ1n) is 8.11. The number of nitrogens with one attached hydrogen (secondary N) is 1.